The molecule has 1 aromatic carbocycles. The van der Waals surface area contributed by atoms with Gasteiger partial charge in [0.2, 0.25) is 0 Å². The van der Waals surface area contributed by atoms with Crippen LogP contribution in [-0.4, -0.2) is 46.3 Å². The van der Waals surface area contributed by atoms with Gasteiger partial charge in [-0.15, -0.1) is 0 Å². The number of ether oxygens (including phenoxy) is 1. The highest BCUT2D eigenvalue weighted by molar-refractivity contribution is 5.99. The van der Waals surface area contributed by atoms with Crippen molar-refractivity contribution in [3.63, 3.8) is 0 Å². The Morgan fingerprint density at radius 2 is 2.04 bits per heavy atom. The quantitative estimate of drug-likeness (QED) is 0.762. The Kier molecular flexibility index (Phi) is 5.39. The molecule has 0 saturated carbocycles. The van der Waals surface area contributed by atoms with E-state index in [1.165, 1.54) is 23.2 Å². The van der Waals surface area contributed by atoms with Gasteiger partial charge in [-0.25, -0.2) is 14.0 Å². The zero-order valence-corrected chi connectivity index (χ0v) is 14.6. The van der Waals surface area contributed by atoms with Crippen LogP contribution in [0.2, 0.25) is 0 Å². The number of aryl methyl sites for hydroxylation is 1. The molecule has 142 valence electrons. The van der Waals surface area contributed by atoms with Crippen LogP contribution in [0.3, 0.4) is 0 Å². The number of urea groups is 1. The molecule has 1 unspecified atom stereocenters. The smallest absolute Gasteiger partial charge is 0.407 e. The third kappa shape index (κ3) is 5.06. The lowest BCUT2D eigenvalue weighted by atomic mass is 10.2. The van der Waals surface area contributed by atoms with Crippen molar-refractivity contribution in [2.75, 3.05) is 23.7 Å². The number of amides is 3. The third-order valence-electron chi connectivity index (χ3n) is 4.02. The summed E-state index contributed by atoms with van der Waals surface area (Å²) in [6.07, 6.45) is 0.670. The summed E-state index contributed by atoms with van der Waals surface area (Å²) in [5.41, 5.74) is 1.54. The highest BCUT2D eigenvalue weighted by atomic mass is 19.1. The molecule has 3 N–H and O–H groups in total. The number of nitrogens with zero attached hydrogens (tertiary/aromatic N) is 2. The van der Waals surface area contributed by atoms with E-state index >= 15 is 0 Å². The molecule has 0 bridgehead atoms. The second-order valence-corrected chi connectivity index (χ2v) is 6.20. The van der Waals surface area contributed by atoms with Gasteiger partial charge in [-0.3, -0.25) is 4.98 Å². The number of benzene rings is 1. The van der Waals surface area contributed by atoms with Gasteiger partial charge in [0.25, 0.3) is 0 Å². The molecule has 1 aromatic heterocycles. The first-order valence-electron chi connectivity index (χ1n) is 8.35. The molecule has 1 aliphatic heterocycles. The number of aromatic nitrogens is 1. The number of halogens is 1. The van der Waals surface area contributed by atoms with Crippen molar-refractivity contribution < 1.29 is 23.8 Å². The number of carbonyl (C=O) groups excluding carboxylic acids is 1. The molecule has 0 spiro atoms. The van der Waals surface area contributed by atoms with Crippen LogP contribution >= 0.6 is 0 Å². The summed E-state index contributed by atoms with van der Waals surface area (Å²) in [5, 5.41) is 14.1. The van der Waals surface area contributed by atoms with E-state index in [1.807, 2.05) is 6.92 Å². The molecule has 9 heteroatoms. The minimum absolute atomic E-state index is 0.218. The lowest BCUT2D eigenvalue weighted by molar-refractivity contribution is 0.145. The molecule has 0 radical (unpaired) electrons. The molecular weight excluding hydrogens is 355 g/mol. The number of nitrogens with one attached hydrogen (secondary N) is 2. The SMILES string of the molecule is Cc1ccc(NC(=O)Nc2cc(F)cc(OC3CCN(C(=O)O)C3)c2)cn1. The van der Waals surface area contributed by atoms with Gasteiger partial charge in [-0.1, -0.05) is 0 Å². The van der Waals surface area contributed by atoms with Gasteiger partial charge in [0.1, 0.15) is 17.7 Å². The average molecular weight is 374 g/mol. The first-order valence-corrected chi connectivity index (χ1v) is 8.35. The molecule has 3 amide bonds. The van der Waals surface area contributed by atoms with Crippen LogP contribution in [-0.2, 0) is 0 Å². The molecule has 2 aromatic rings. The summed E-state index contributed by atoms with van der Waals surface area (Å²) in [7, 11) is 0. The van der Waals surface area contributed by atoms with E-state index in [-0.39, 0.29) is 24.1 Å². The van der Waals surface area contributed by atoms with Crippen molar-refractivity contribution in [3.8, 4) is 5.75 Å². The summed E-state index contributed by atoms with van der Waals surface area (Å²) in [4.78, 5) is 28.3. The molecule has 27 heavy (non-hydrogen) atoms. The van der Waals surface area contributed by atoms with E-state index in [0.29, 0.717) is 18.7 Å². The van der Waals surface area contributed by atoms with Crippen molar-refractivity contribution >= 4 is 23.5 Å². The van der Waals surface area contributed by atoms with Crippen LogP contribution in [0.25, 0.3) is 0 Å². The highest BCUT2D eigenvalue weighted by Gasteiger charge is 2.27. The predicted octanol–water partition coefficient (Wildman–Crippen LogP) is 3.30. The van der Waals surface area contributed by atoms with Gasteiger partial charge in [0, 0.05) is 36.5 Å². The second-order valence-electron chi connectivity index (χ2n) is 6.20. The maximum absolute atomic E-state index is 13.9. The number of pyridine rings is 1. The molecule has 8 nitrogen and oxygen atoms in total. The van der Waals surface area contributed by atoms with Crippen molar-refractivity contribution in [2.24, 2.45) is 0 Å². The Morgan fingerprint density at radius 3 is 2.70 bits per heavy atom. The summed E-state index contributed by atoms with van der Waals surface area (Å²) in [5.74, 6) is -0.354. The first kappa shape index (κ1) is 18.4. The van der Waals surface area contributed by atoms with Gasteiger partial charge in [0.15, 0.2) is 0 Å². The lowest BCUT2D eigenvalue weighted by Gasteiger charge is -2.15. The Labute approximate surface area is 155 Å². The van der Waals surface area contributed by atoms with E-state index in [1.54, 1.807) is 12.1 Å². The van der Waals surface area contributed by atoms with Gasteiger partial charge in [-0.05, 0) is 25.1 Å². The third-order valence-corrected chi connectivity index (χ3v) is 4.02. The normalized spacial score (nSPS) is 16.1. The first-order chi connectivity index (χ1) is 12.9. The number of rotatable bonds is 4. The predicted molar refractivity (Wildman–Crippen MR) is 96.6 cm³/mol. The Morgan fingerprint density at radius 1 is 1.26 bits per heavy atom. The number of carbonyl (C=O) groups is 2. The molecule has 0 aliphatic carbocycles. The van der Waals surface area contributed by atoms with Gasteiger partial charge >= 0.3 is 12.1 Å². The van der Waals surface area contributed by atoms with Crippen LogP contribution in [0.1, 0.15) is 12.1 Å². The fourth-order valence-corrected chi connectivity index (χ4v) is 2.73. The van der Waals surface area contributed by atoms with E-state index < -0.39 is 17.9 Å². The molecule has 1 atom stereocenters. The van der Waals surface area contributed by atoms with Crippen LogP contribution in [0.5, 0.6) is 5.75 Å². The monoisotopic (exact) mass is 374 g/mol. The zero-order chi connectivity index (χ0) is 19.4. The highest BCUT2D eigenvalue weighted by Crippen LogP contribution is 2.24. The maximum Gasteiger partial charge on any atom is 0.407 e. The fraction of sp³-hybridized carbons (Fsp3) is 0.278. The summed E-state index contributed by atoms with van der Waals surface area (Å²) in [6.45, 7) is 2.42. The fourth-order valence-electron chi connectivity index (χ4n) is 2.73. The number of carboxylic acid groups (broad SMARTS) is 1. The van der Waals surface area contributed by atoms with Crippen LogP contribution in [0.4, 0.5) is 25.4 Å². The summed E-state index contributed by atoms with van der Waals surface area (Å²) >= 11 is 0. The minimum Gasteiger partial charge on any atom is -0.488 e. The molecule has 1 fully saturated rings. The van der Waals surface area contributed by atoms with Crippen molar-refractivity contribution in [3.05, 3.63) is 48.0 Å². The van der Waals surface area contributed by atoms with E-state index in [2.05, 4.69) is 15.6 Å². The number of hydrogen-bond donors (Lipinski definition) is 3. The van der Waals surface area contributed by atoms with E-state index in [4.69, 9.17) is 9.84 Å². The summed E-state index contributed by atoms with van der Waals surface area (Å²) < 4.78 is 19.5. The van der Waals surface area contributed by atoms with Crippen LogP contribution in [0.15, 0.2) is 36.5 Å². The Hall–Kier alpha value is -3.36. The van der Waals surface area contributed by atoms with Crippen LogP contribution in [0, 0.1) is 12.7 Å². The molecule has 1 saturated heterocycles. The zero-order valence-electron chi connectivity index (χ0n) is 14.6. The Bertz CT molecular complexity index is 844. The van der Waals surface area contributed by atoms with E-state index in [9.17, 15) is 14.0 Å². The van der Waals surface area contributed by atoms with Crippen molar-refractivity contribution in [1.29, 1.82) is 0 Å². The number of hydrogen-bond acceptors (Lipinski definition) is 4. The van der Waals surface area contributed by atoms with Crippen molar-refractivity contribution in [1.82, 2.24) is 9.88 Å². The van der Waals surface area contributed by atoms with Gasteiger partial charge < -0.3 is 25.4 Å². The Balaban J connectivity index is 1.62. The summed E-state index contributed by atoms with van der Waals surface area (Å²) in [6, 6.07) is 6.76. The lowest BCUT2D eigenvalue weighted by Crippen LogP contribution is -2.29. The maximum atomic E-state index is 13.9. The topological polar surface area (TPSA) is 104 Å². The van der Waals surface area contributed by atoms with Gasteiger partial charge in [0.05, 0.1) is 18.4 Å². The largest absolute Gasteiger partial charge is 0.488 e. The average Bonchev–Trinajstić information content (AvgIpc) is 3.05. The molecule has 2 heterocycles. The molecule has 1 aliphatic rings. The van der Waals surface area contributed by atoms with Crippen LogP contribution < -0.4 is 15.4 Å². The second kappa shape index (κ2) is 7.90. The van der Waals surface area contributed by atoms with E-state index in [0.717, 1.165) is 11.8 Å². The van der Waals surface area contributed by atoms with Crippen molar-refractivity contribution in [2.45, 2.75) is 19.4 Å². The number of anilines is 2. The standard InChI is InChI=1S/C18H19FN4O4/c1-11-2-3-13(9-20-11)21-17(24)22-14-6-12(19)7-16(8-14)27-15-4-5-23(10-15)18(25)26/h2-3,6-9,15H,4-5,10H2,1H3,(H,25,26)(H2,21,22,24). The number of likely N-dealkylation sites (tertiary alicyclic amines) is 1. The van der Waals surface area contributed by atoms with Gasteiger partial charge in [-0.2, -0.15) is 0 Å². The minimum atomic E-state index is -1.01. The molecular formula is C18H19FN4O4. The molecule has 3 rings (SSSR count).